The number of nitro benzene ring substituents is 1. The quantitative estimate of drug-likeness (QED) is 0.167. The summed E-state index contributed by atoms with van der Waals surface area (Å²) in [5, 5.41) is 19.5. The van der Waals surface area contributed by atoms with Crippen molar-refractivity contribution in [2.45, 2.75) is 18.7 Å². The number of carbonyl (C=O) groups is 2. The number of benzene rings is 3. The molecule has 0 unspecified atom stereocenters. The maximum Gasteiger partial charge on any atom is 0.270 e. The SMILES string of the molecule is C.NS(=O)(=O)c1ccccc1-c1ccc(C(=O)Cc2ccc([N+](=O)[O-])cc2C(=O)Nc2ccc(Cl)cn2)cc1. The molecule has 1 amide bonds. The number of nitrogens with one attached hydrogen (secondary N) is 1. The number of aromatic nitrogens is 1. The number of Topliss-reactive ketones (excluding diaryl/α,β-unsaturated/α-hetero) is 1. The lowest BCUT2D eigenvalue weighted by Gasteiger charge is -2.11. The van der Waals surface area contributed by atoms with Crippen LogP contribution in [0.1, 0.15) is 33.7 Å². The molecule has 4 rings (SSSR count). The van der Waals surface area contributed by atoms with E-state index in [1.165, 1.54) is 48.7 Å². The van der Waals surface area contributed by atoms with Crippen LogP contribution in [0.2, 0.25) is 5.02 Å². The average molecular weight is 567 g/mol. The Bertz CT molecular complexity index is 1660. The number of hydrogen-bond acceptors (Lipinski definition) is 7. The molecule has 3 N–H and O–H groups in total. The van der Waals surface area contributed by atoms with E-state index in [1.807, 2.05) is 0 Å². The number of amides is 1. The fraction of sp³-hybridized carbons (Fsp3) is 0.0741. The van der Waals surface area contributed by atoms with Crippen LogP contribution < -0.4 is 10.5 Å². The summed E-state index contributed by atoms with van der Waals surface area (Å²) in [6, 6.07) is 19.1. The molecule has 10 nitrogen and oxygen atoms in total. The van der Waals surface area contributed by atoms with Crippen molar-refractivity contribution in [3.05, 3.63) is 117 Å². The third-order valence-electron chi connectivity index (χ3n) is 5.58. The molecule has 0 aliphatic rings. The van der Waals surface area contributed by atoms with Crippen LogP contribution in [0.15, 0.2) is 90.0 Å². The van der Waals surface area contributed by atoms with Crippen molar-refractivity contribution >= 4 is 44.8 Å². The number of hydrogen-bond donors (Lipinski definition) is 2. The number of primary sulfonamides is 1. The fourth-order valence-corrected chi connectivity index (χ4v) is 4.61. The van der Waals surface area contributed by atoms with Crippen LogP contribution >= 0.6 is 11.6 Å². The Hall–Kier alpha value is -4.45. The van der Waals surface area contributed by atoms with Crippen molar-refractivity contribution in [3.8, 4) is 11.1 Å². The monoisotopic (exact) mass is 566 g/mol. The summed E-state index contributed by atoms with van der Waals surface area (Å²) in [6.45, 7) is 0. The predicted molar refractivity (Wildman–Crippen MR) is 148 cm³/mol. The lowest BCUT2D eigenvalue weighted by Crippen LogP contribution is -2.17. The highest BCUT2D eigenvalue weighted by atomic mass is 35.5. The van der Waals surface area contributed by atoms with Crippen LogP contribution in [-0.4, -0.2) is 30.0 Å². The predicted octanol–water partition coefficient (Wildman–Crippen LogP) is 5.27. The summed E-state index contributed by atoms with van der Waals surface area (Å²) in [4.78, 5) is 40.6. The molecule has 0 aliphatic heterocycles. The summed E-state index contributed by atoms with van der Waals surface area (Å²) in [5.74, 6) is -0.858. The number of rotatable bonds is 8. The zero-order chi connectivity index (χ0) is 27.4. The molecule has 0 radical (unpaired) electrons. The maximum absolute atomic E-state index is 13.1. The molecule has 3 aromatic carbocycles. The van der Waals surface area contributed by atoms with E-state index in [1.54, 1.807) is 30.3 Å². The van der Waals surface area contributed by atoms with Crippen molar-refractivity contribution < 1.29 is 22.9 Å². The zero-order valence-electron chi connectivity index (χ0n) is 19.5. The second-order valence-corrected chi connectivity index (χ2v) is 10.1. The van der Waals surface area contributed by atoms with Gasteiger partial charge >= 0.3 is 0 Å². The standard InChI is InChI=1S/C26H19ClN4O6S.CH4/c27-19-10-12-25(29-15-19)30-26(33)22-14-20(31(34)35)11-9-18(22)13-23(32)17-7-5-16(6-8-17)21-3-1-2-4-24(21)38(28,36)37;/h1-12,14-15H,13H2,(H2,28,36,37)(H,29,30,33);1H4. The molecule has 4 aromatic rings. The van der Waals surface area contributed by atoms with E-state index >= 15 is 0 Å². The normalized spacial score (nSPS) is 10.8. The van der Waals surface area contributed by atoms with Crippen LogP contribution in [0.3, 0.4) is 0 Å². The highest BCUT2D eigenvalue weighted by molar-refractivity contribution is 7.89. The fourth-order valence-electron chi connectivity index (χ4n) is 3.74. The van der Waals surface area contributed by atoms with Crippen molar-refractivity contribution in [2.24, 2.45) is 5.14 Å². The molecule has 0 fully saturated rings. The Kier molecular flexibility index (Phi) is 8.92. The second kappa shape index (κ2) is 11.9. The number of nitro groups is 1. The number of non-ortho nitro benzene ring substituents is 1. The first-order valence-electron chi connectivity index (χ1n) is 11.0. The first kappa shape index (κ1) is 29.1. The molecule has 1 aromatic heterocycles. The molecule has 0 spiro atoms. The van der Waals surface area contributed by atoms with Gasteiger partial charge in [0.25, 0.3) is 11.6 Å². The van der Waals surface area contributed by atoms with Gasteiger partial charge < -0.3 is 5.32 Å². The molecule has 0 saturated carbocycles. The van der Waals surface area contributed by atoms with Gasteiger partial charge in [-0.25, -0.2) is 18.5 Å². The van der Waals surface area contributed by atoms with Gasteiger partial charge in [0.1, 0.15) is 5.82 Å². The Balaban J connectivity index is 0.00000420. The van der Waals surface area contributed by atoms with Crippen LogP contribution in [0.4, 0.5) is 11.5 Å². The minimum atomic E-state index is -3.96. The van der Waals surface area contributed by atoms with Gasteiger partial charge in [0.05, 0.1) is 20.4 Å². The number of anilines is 1. The number of nitrogens with zero attached hydrogens (tertiary/aromatic N) is 2. The number of carbonyl (C=O) groups excluding carboxylic acids is 2. The Morgan fingerprint density at radius 3 is 2.31 bits per heavy atom. The smallest absolute Gasteiger partial charge is 0.270 e. The third kappa shape index (κ3) is 6.90. The van der Waals surface area contributed by atoms with Crippen LogP contribution in [0, 0.1) is 10.1 Å². The summed E-state index contributed by atoms with van der Waals surface area (Å²) in [7, 11) is -3.96. The second-order valence-electron chi connectivity index (χ2n) is 8.13. The number of ketones is 1. The van der Waals surface area contributed by atoms with Crippen molar-refractivity contribution in [3.63, 3.8) is 0 Å². The van der Waals surface area contributed by atoms with E-state index in [0.717, 1.165) is 6.07 Å². The largest absolute Gasteiger partial charge is 0.307 e. The van der Waals surface area contributed by atoms with Gasteiger partial charge in [-0.05, 0) is 29.3 Å². The van der Waals surface area contributed by atoms with Crippen LogP contribution in [0.5, 0.6) is 0 Å². The van der Waals surface area contributed by atoms with E-state index in [-0.39, 0.29) is 47.2 Å². The average Bonchev–Trinajstić information content (AvgIpc) is 2.89. The molecule has 0 atom stereocenters. The van der Waals surface area contributed by atoms with Crippen LogP contribution in [0.25, 0.3) is 11.1 Å². The van der Waals surface area contributed by atoms with Crippen LogP contribution in [-0.2, 0) is 16.4 Å². The highest BCUT2D eigenvalue weighted by Gasteiger charge is 2.20. The minimum Gasteiger partial charge on any atom is -0.307 e. The molecular formula is C27H23ClN4O6S. The summed E-state index contributed by atoms with van der Waals surface area (Å²) >= 11 is 5.81. The molecule has 0 bridgehead atoms. The minimum absolute atomic E-state index is 0. The molecule has 0 saturated heterocycles. The Labute approximate surface area is 229 Å². The van der Waals surface area contributed by atoms with E-state index in [4.69, 9.17) is 16.7 Å². The van der Waals surface area contributed by atoms with Gasteiger partial charge in [-0.1, -0.05) is 67.6 Å². The zero-order valence-corrected chi connectivity index (χ0v) is 21.1. The van der Waals surface area contributed by atoms with Gasteiger partial charge in [0.2, 0.25) is 10.0 Å². The number of nitrogens with two attached hydrogens (primary N) is 1. The van der Waals surface area contributed by atoms with Crippen molar-refractivity contribution in [1.29, 1.82) is 0 Å². The Morgan fingerprint density at radius 1 is 1.00 bits per heavy atom. The van der Waals surface area contributed by atoms with E-state index in [9.17, 15) is 28.1 Å². The van der Waals surface area contributed by atoms with E-state index in [2.05, 4.69) is 10.3 Å². The molecule has 39 heavy (non-hydrogen) atoms. The summed E-state index contributed by atoms with van der Waals surface area (Å²) in [5.41, 5.74) is 1.13. The molecule has 1 heterocycles. The van der Waals surface area contributed by atoms with Gasteiger partial charge in [0.15, 0.2) is 5.78 Å². The molecule has 0 aliphatic carbocycles. The maximum atomic E-state index is 13.1. The Morgan fingerprint density at radius 2 is 1.69 bits per heavy atom. The van der Waals surface area contributed by atoms with Crippen molar-refractivity contribution in [2.75, 3.05) is 5.32 Å². The van der Waals surface area contributed by atoms with Gasteiger partial charge in [-0.15, -0.1) is 0 Å². The molecule has 12 heteroatoms. The molecular weight excluding hydrogens is 544 g/mol. The summed E-state index contributed by atoms with van der Waals surface area (Å²) < 4.78 is 23.9. The van der Waals surface area contributed by atoms with Gasteiger partial charge in [-0.3, -0.25) is 19.7 Å². The van der Waals surface area contributed by atoms with Gasteiger partial charge in [0, 0.05) is 35.9 Å². The lowest BCUT2D eigenvalue weighted by atomic mass is 9.96. The number of sulfonamides is 1. The number of pyridine rings is 1. The van der Waals surface area contributed by atoms with Gasteiger partial charge in [-0.2, -0.15) is 0 Å². The summed E-state index contributed by atoms with van der Waals surface area (Å²) in [6.07, 6.45) is 1.11. The number of halogens is 1. The topological polar surface area (TPSA) is 162 Å². The molecule has 200 valence electrons. The highest BCUT2D eigenvalue weighted by Crippen LogP contribution is 2.27. The first-order chi connectivity index (χ1) is 18.0. The first-order valence-corrected chi connectivity index (χ1v) is 12.9. The van der Waals surface area contributed by atoms with E-state index in [0.29, 0.717) is 21.7 Å². The van der Waals surface area contributed by atoms with Crippen molar-refractivity contribution in [1.82, 2.24) is 4.98 Å². The lowest BCUT2D eigenvalue weighted by molar-refractivity contribution is -0.384. The van der Waals surface area contributed by atoms with E-state index < -0.39 is 20.9 Å². The third-order valence-corrected chi connectivity index (χ3v) is 6.77.